The van der Waals surface area contributed by atoms with Crippen LogP contribution in [0.5, 0.6) is 11.5 Å². The van der Waals surface area contributed by atoms with E-state index in [2.05, 4.69) is 39.8 Å². The molecular weight excluding hydrogens is 330 g/mol. The predicted molar refractivity (Wildman–Crippen MR) is 106 cm³/mol. The standard InChI is InChI=1S/C20H27N3O3/c1-23(2)17-10-7-15(8-11-17)6-5-13-21-20(24)22-16-9-12-18(25-3)19(14-16)26-4/h7-12,14H,5-6,13H2,1-4H3,(H2,21,22,24). The van der Waals surface area contributed by atoms with Crippen LogP contribution in [0.3, 0.4) is 0 Å². The van der Waals surface area contributed by atoms with E-state index in [1.54, 1.807) is 32.4 Å². The number of aryl methyl sites for hydroxylation is 1. The minimum Gasteiger partial charge on any atom is -0.493 e. The van der Waals surface area contributed by atoms with E-state index >= 15 is 0 Å². The van der Waals surface area contributed by atoms with Gasteiger partial charge in [0.1, 0.15) is 0 Å². The average molecular weight is 357 g/mol. The zero-order valence-electron chi connectivity index (χ0n) is 15.8. The summed E-state index contributed by atoms with van der Waals surface area (Å²) in [5.41, 5.74) is 3.10. The van der Waals surface area contributed by atoms with Gasteiger partial charge in [-0.15, -0.1) is 0 Å². The van der Waals surface area contributed by atoms with E-state index in [1.165, 1.54) is 11.3 Å². The molecule has 0 aliphatic heterocycles. The van der Waals surface area contributed by atoms with Crippen molar-refractivity contribution in [2.24, 2.45) is 0 Å². The molecule has 0 aliphatic rings. The van der Waals surface area contributed by atoms with E-state index in [4.69, 9.17) is 9.47 Å². The number of ether oxygens (including phenoxy) is 2. The number of carbonyl (C=O) groups is 1. The summed E-state index contributed by atoms with van der Waals surface area (Å²) in [7, 11) is 7.18. The molecule has 0 saturated heterocycles. The van der Waals surface area contributed by atoms with E-state index in [0.717, 1.165) is 12.8 Å². The third-order valence-corrected chi connectivity index (χ3v) is 4.02. The zero-order valence-corrected chi connectivity index (χ0v) is 15.8. The van der Waals surface area contributed by atoms with Crippen LogP contribution in [0.15, 0.2) is 42.5 Å². The molecule has 0 atom stereocenters. The third-order valence-electron chi connectivity index (χ3n) is 4.02. The summed E-state index contributed by atoms with van der Waals surface area (Å²) < 4.78 is 10.4. The second-order valence-corrected chi connectivity index (χ2v) is 6.12. The highest BCUT2D eigenvalue weighted by molar-refractivity contribution is 5.89. The van der Waals surface area contributed by atoms with Crippen molar-refractivity contribution in [3.63, 3.8) is 0 Å². The van der Waals surface area contributed by atoms with E-state index in [0.29, 0.717) is 23.7 Å². The summed E-state index contributed by atoms with van der Waals surface area (Å²) in [6.07, 6.45) is 1.80. The van der Waals surface area contributed by atoms with Gasteiger partial charge in [0.05, 0.1) is 14.2 Å². The van der Waals surface area contributed by atoms with Gasteiger partial charge in [-0.25, -0.2) is 4.79 Å². The molecule has 0 aliphatic carbocycles. The number of urea groups is 1. The molecule has 0 spiro atoms. The van der Waals surface area contributed by atoms with Crippen LogP contribution < -0.4 is 25.0 Å². The lowest BCUT2D eigenvalue weighted by molar-refractivity contribution is 0.252. The van der Waals surface area contributed by atoms with Gasteiger partial charge < -0.3 is 25.0 Å². The van der Waals surface area contributed by atoms with Gasteiger partial charge in [-0.3, -0.25) is 0 Å². The number of carbonyl (C=O) groups excluding carboxylic acids is 1. The van der Waals surface area contributed by atoms with Crippen molar-refractivity contribution in [2.75, 3.05) is 45.1 Å². The lowest BCUT2D eigenvalue weighted by atomic mass is 10.1. The second kappa shape index (κ2) is 9.56. The Bertz CT molecular complexity index is 715. The molecule has 0 fully saturated rings. The molecule has 26 heavy (non-hydrogen) atoms. The quantitative estimate of drug-likeness (QED) is 0.710. The summed E-state index contributed by atoms with van der Waals surface area (Å²) in [6.45, 7) is 0.606. The Kier molecular flexibility index (Phi) is 7.14. The fourth-order valence-corrected chi connectivity index (χ4v) is 2.54. The molecule has 0 bridgehead atoms. The Morgan fingerprint density at radius 1 is 1.00 bits per heavy atom. The van der Waals surface area contributed by atoms with Crippen molar-refractivity contribution in [1.82, 2.24) is 5.32 Å². The van der Waals surface area contributed by atoms with Crippen molar-refractivity contribution in [3.8, 4) is 11.5 Å². The van der Waals surface area contributed by atoms with Crippen LogP contribution >= 0.6 is 0 Å². The van der Waals surface area contributed by atoms with E-state index in [-0.39, 0.29) is 6.03 Å². The molecule has 2 N–H and O–H groups in total. The Balaban J connectivity index is 1.75. The largest absolute Gasteiger partial charge is 0.493 e. The predicted octanol–water partition coefficient (Wildman–Crippen LogP) is 3.52. The highest BCUT2D eigenvalue weighted by Gasteiger charge is 2.07. The topological polar surface area (TPSA) is 62.8 Å². The maximum absolute atomic E-state index is 12.0. The van der Waals surface area contributed by atoms with Crippen LogP contribution in [-0.4, -0.2) is 40.9 Å². The van der Waals surface area contributed by atoms with Gasteiger partial charge in [0.2, 0.25) is 0 Å². The second-order valence-electron chi connectivity index (χ2n) is 6.12. The first-order chi connectivity index (χ1) is 12.5. The van der Waals surface area contributed by atoms with Crippen molar-refractivity contribution in [2.45, 2.75) is 12.8 Å². The van der Waals surface area contributed by atoms with Crippen LogP contribution in [0, 0.1) is 0 Å². The van der Waals surface area contributed by atoms with Crippen molar-refractivity contribution in [3.05, 3.63) is 48.0 Å². The molecule has 0 aromatic heterocycles. The molecule has 6 heteroatoms. The Labute approximate surface area is 155 Å². The van der Waals surface area contributed by atoms with Gasteiger partial charge in [0, 0.05) is 38.1 Å². The van der Waals surface area contributed by atoms with Crippen LogP contribution in [0.2, 0.25) is 0 Å². The van der Waals surface area contributed by atoms with Crippen LogP contribution in [0.25, 0.3) is 0 Å². The number of hydrogen-bond acceptors (Lipinski definition) is 4. The van der Waals surface area contributed by atoms with Crippen molar-refractivity contribution < 1.29 is 14.3 Å². The minimum absolute atomic E-state index is 0.236. The SMILES string of the molecule is COc1ccc(NC(=O)NCCCc2ccc(N(C)C)cc2)cc1OC. The number of benzene rings is 2. The monoisotopic (exact) mass is 357 g/mol. The summed E-state index contributed by atoms with van der Waals surface area (Å²) in [5, 5.41) is 5.66. The van der Waals surface area contributed by atoms with Crippen LogP contribution in [0.4, 0.5) is 16.2 Å². The first-order valence-corrected chi connectivity index (χ1v) is 8.56. The third kappa shape index (κ3) is 5.58. The summed E-state index contributed by atoms with van der Waals surface area (Å²) >= 11 is 0. The van der Waals surface area contributed by atoms with Gasteiger partial charge in [0.25, 0.3) is 0 Å². The fraction of sp³-hybridized carbons (Fsp3) is 0.350. The highest BCUT2D eigenvalue weighted by atomic mass is 16.5. The highest BCUT2D eigenvalue weighted by Crippen LogP contribution is 2.29. The van der Waals surface area contributed by atoms with Crippen LogP contribution in [-0.2, 0) is 6.42 Å². The van der Waals surface area contributed by atoms with Gasteiger partial charge in [-0.1, -0.05) is 12.1 Å². The Morgan fingerprint density at radius 3 is 2.31 bits per heavy atom. The number of nitrogens with one attached hydrogen (secondary N) is 2. The number of amides is 2. The molecule has 2 rings (SSSR count). The summed E-state index contributed by atoms with van der Waals surface area (Å²) in [4.78, 5) is 14.1. The molecule has 6 nitrogen and oxygen atoms in total. The first-order valence-electron chi connectivity index (χ1n) is 8.56. The normalized spacial score (nSPS) is 10.2. The molecule has 0 saturated carbocycles. The molecule has 140 valence electrons. The molecule has 2 aromatic rings. The Hall–Kier alpha value is -2.89. The van der Waals surface area contributed by atoms with Gasteiger partial charge >= 0.3 is 6.03 Å². The number of nitrogens with zero attached hydrogens (tertiary/aromatic N) is 1. The number of hydrogen-bond donors (Lipinski definition) is 2. The lowest BCUT2D eigenvalue weighted by Gasteiger charge is -2.13. The zero-order chi connectivity index (χ0) is 18.9. The lowest BCUT2D eigenvalue weighted by Crippen LogP contribution is -2.29. The molecule has 0 unspecified atom stereocenters. The fourth-order valence-electron chi connectivity index (χ4n) is 2.54. The van der Waals surface area contributed by atoms with Gasteiger partial charge in [0.15, 0.2) is 11.5 Å². The maximum atomic E-state index is 12.0. The van der Waals surface area contributed by atoms with Crippen LogP contribution in [0.1, 0.15) is 12.0 Å². The van der Waals surface area contributed by atoms with E-state index < -0.39 is 0 Å². The molecule has 2 aromatic carbocycles. The van der Waals surface area contributed by atoms with E-state index in [9.17, 15) is 4.79 Å². The molecule has 0 radical (unpaired) electrons. The average Bonchev–Trinajstić information content (AvgIpc) is 2.65. The number of anilines is 2. The molecule has 2 amide bonds. The number of rotatable bonds is 8. The minimum atomic E-state index is -0.236. The maximum Gasteiger partial charge on any atom is 0.319 e. The van der Waals surface area contributed by atoms with Crippen molar-refractivity contribution >= 4 is 17.4 Å². The van der Waals surface area contributed by atoms with Gasteiger partial charge in [-0.05, 0) is 42.7 Å². The summed E-state index contributed by atoms with van der Waals surface area (Å²) in [6, 6.07) is 13.5. The van der Waals surface area contributed by atoms with Gasteiger partial charge in [-0.2, -0.15) is 0 Å². The van der Waals surface area contributed by atoms with E-state index in [1.807, 2.05) is 14.1 Å². The number of methoxy groups -OCH3 is 2. The molecular formula is C20H27N3O3. The first kappa shape index (κ1) is 19.4. The Morgan fingerprint density at radius 2 is 1.69 bits per heavy atom. The smallest absolute Gasteiger partial charge is 0.319 e. The van der Waals surface area contributed by atoms with Crippen molar-refractivity contribution in [1.29, 1.82) is 0 Å². The molecule has 0 heterocycles. The summed E-state index contributed by atoms with van der Waals surface area (Å²) in [5.74, 6) is 1.20.